The van der Waals surface area contributed by atoms with E-state index in [1.165, 1.54) is 7.11 Å². The zero-order valence-corrected chi connectivity index (χ0v) is 16.0. The molecule has 1 amide bonds. The second-order valence-electron chi connectivity index (χ2n) is 7.37. The standard InChI is InChI=1S/C20H22N6O3/c1-28-20-23-8-11(9-24-20)16-18-15-13(26-16)6-12(7-14(15)29-5-4-22-18)25-17(19(21)27)10-2-3-10/h6-10,17,22,25-26H,2-5H2,1H3,(H2,21,27)/t17-/m0/s1. The van der Waals surface area contributed by atoms with Gasteiger partial charge in [0.2, 0.25) is 5.91 Å². The SMILES string of the molecule is COc1ncc(-c2[nH]c3cc(N[C@H](C(N)=O)C4CC4)cc4c3c2NCCO4)cn1. The van der Waals surface area contributed by atoms with E-state index in [-0.39, 0.29) is 11.9 Å². The van der Waals surface area contributed by atoms with Gasteiger partial charge in [0.15, 0.2) is 0 Å². The molecule has 9 heteroatoms. The Bertz CT molecular complexity index is 1070. The number of carbonyl (C=O) groups excluding carboxylic acids is 1. The topological polar surface area (TPSA) is 127 Å². The number of primary amides is 1. The summed E-state index contributed by atoms with van der Waals surface area (Å²) in [6.45, 7) is 1.20. The number of nitrogens with zero attached hydrogens (tertiary/aromatic N) is 2. The third-order valence-electron chi connectivity index (χ3n) is 5.34. The third kappa shape index (κ3) is 3.18. The van der Waals surface area contributed by atoms with Crippen LogP contribution in [0, 0.1) is 5.92 Å². The molecule has 1 aliphatic carbocycles. The molecule has 2 aromatic heterocycles. The van der Waals surface area contributed by atoms with Crippen LogP contribution in [0.5, 0.6) is 11.8 Å². The monoisotopic (exact) mass is 394 g/mol. The van der Waals surface area contributed by atoms with Crippen LogP contribution in [-0.2, 0) is 4.79 Å². The third-order valence-corrected chi connectivity index (χ3v) is 5.34. The number of anilines is 2. The van der Waals surface area contributed by atoms with Crippen LogP contribution in [0.1, 0.15) is 12.8 Å². The maximum absolute atomic E-state index is 11.9. The molecule has 29 heavy (non-hydrogen) atoms. The Hall–Kier alpha value is -3.49. The molecule has 0 unspecified atom stereocenters. The first kappa shape index (κ1) is 17.6. The second-order valence-corrected chi connectivity index (χ2v) is 7.37. The number of ether oxygens (including phenoxy) is 2. The van der Waals surface area contributed by atoms with Crippen LogP contribution < -0.4 is 25.8 Å². The predicted octanol–water partition coefficient (Wildman–Crippen LogP) is 2.11. The highest BCUT2D eigenvalue weighted by Crippen LogP contribution is 2.43. The molecule has 5 N–H and O–H groups in total. The Balaban J connectivity index is 1.59. The van der Waals surface area contributed by atoms with Gasteiger partial charge in [0, 0.05) is 36.3 Å². The van der Waals surface area contributed by atoms with E-state index in [2.05, 4.69) is 25.6 Å². The Morgan fingerprint density at radius 3 is 2.83 bits per heavy atom. The van der Waals surface area contributed by atoms with Crippen molar-refractivity contribution in [3.05, 3.63) is 24.5 Å². The molecule has 3 heterocycles. The fourth-order valence-electron chi connectivity index (χ4n) is 3.80. The van der Waals surface area contributed by atoms with E-state index < -0.39 is 0 Å². The fraction of sp³-hybridized carbons (Fsp3) is 0.350. The average Bonchev–Trinajstić information content (AvgIpc) is 3.52. The summed E-state index contributed by atoms with van der Waals surface area (Å²) in [5, 5.41) is 7.69. The lowest BCUT2D eigenvalue weighted by Crippen LogP contribution is -2.37. The molecule has 0 saturated heterocycles. The van der Waals surface area contributed by atoms with Crippen LogP contribution >= 0.6 is 0 Å². The molecule has 9 nitrogen and oxygen atoms in total. The van der Waals surface area contributed by atoms with Gasteiger partial charge in [0.1, 0.15) is 18.4 Å². The van der Waals surface area contributed by atoms with Crippen molar-refractivity contribution in [3.8, 4) is 23.0 Å². The number of benzene rings is 1. The maximum Gasteiger partial charge on any atom is 0.316 e. The van der Waals surface area contributed by atoms with E-state index >= 15 is 0 Å². The molecule has 0 spiro atoms. The average molecular weight is 394 g/mol. The number of methoxy groups -OCH3 is 1. The minimum atomic E-state index is -0.368. The number of nitrogens with one attached hydrogen (secondary N) is 3. The number of hydrogen-bond donors (Lipinski definition) is 4. The predicted molar refractivity (Wildman–Crippen MR) is 109 cm³/mol. The summed E-state index contributed by atoms with van der Waals surface area (Å²) in [6.07, 6.45) is 5.47. The summed E-state index contributed by atoms with van der Waals surface area (Å²) < 4.78 is 11.0. The number of hydrogen-bond acceptors (Lipinski definition) is 7. The van der Waals surface area contributed by atoms with Gasteiger partial charge in [-0.05, 0) is 24.8 Å². The number of H-pyrrole nitrogens is 1. The number of aromatic amines is 1. The summed E-state index contributed by atoms with van der Waals surface area (Å²) in [4.78, 5) is 23.7. The quantitative estimate of drug-likeness (QED) is 0.504. The highest BCUT2D eigenvalue weighted by atomic mass is 16.5. The van der Waals surface area contributed by atoms with Crippen molar-refractivity contribution < 1.29 is 14.3 Å². The summed E-state index contributed by atoms with van der Waals surface area (Å²) >= 11 is 0. The zero-order chi connectivity index (χ0) is 20.0. The first-order valence-electron chi connectivity index (χ1n) is 9.62. The highest BCUT2D eigenvalue weighted by Gasteiger charge is 2.35. The van der Waals surface area contributed by atoms with Crippen molar-refractivity contribution >= 4 is 28.2 Å². The van der Waals surface area contributed by atoms with E-state index in [4.69, 9.17) is 15.2 Å². The molecule has 1 aliphatic heterocycles. The molecule has 0 radical (unpaired) electrons. The van der Waals surface area contributed by atoms with Gasteiger partial charge in [-0.15, -0.1) is 0 Å². The molecular weight excluding hydrogens is 372 g/mol. The molecule has 1 saturated carbocycles. The van der Waals surface area contributed by atoms with Crippen molar-refractivity contribution in [1.82, 2.24) is 15.0 Å². The summed E-state index contributed by atoms with van der Waals surface area (Å²) in [5.41, 5.74) is 9.94. The molecule has 3 aromatic rings. The van der Waals surface area contributed by atoms with Gasteiger partial charge in [-0.2, -0.15) is 0 Å². The molecule has 1 aromatic carbocycles. The minimum Gasteiger partial charge on any atom is -0.491 e. The number of nitrogens with two attached hydrogens (primary N) is 1. The molecule has 1 fully saturated rings. The van der Waals surface area contributed by atoms with Crippen LogP contribution in [0.4, 0.5) is 11.4 Å². The summed E-state index contributed by atoms with van der Waals surface area (Å²) in [7, 11) is 1.53. The fourth-order valence-corrected chi connectivity index (χ4v) is 3.80. The summed E-state index contributed by atoms with van der Waals surface area (Å²) in [5.74, 6) is 0.723. The highest BCUT2D eigenvalue weighted by molar-refractivity contribution is 6.06. The summed E-state index contributed by atoms with van der Waals surface area (Å²) in [6, 6.07) is 3.86. The molecule has 150 valence electrons. The van der Waals surface area contributed by atoms with Crippen molar-refractivity contribution in [2.24, 2.45) is 11.7 Å². The van der Waals surface area contributed by atoms with Crippen LogP contribution in [0.25, 0.3) is 22.2 Å². The van der Waals surface area contributed by atoms with Gasteiger partial charge < -0.3 is 30.8 Å². The molecule has 5 rings (SSSR count). The number of rotatable bonds is 6. The Kier molecular flexibility index (Phi) is 4.15. The number of aromatic nitrogens is 3. The van der Waals surface area contributed by atoms with Gasteiger partial charge in [0.25, 0.3) is 0 Å². The Morgan fingerprint density at radius 2 is 2.14 bits per heavy atom. The maximum atomic E-state index is 11.9. The lowest BCUT2D eigenvalue weighted by Gasteiger charge is -2.17. The van der Waals surface area contributed by atoms with E-state index in [9.17, 15) is 4.79 Å². The molecular formula is C20H22N6O3. The van der Waals surface area contributed by atoms with Gasteiger partial charge >= 0.3 is 6.01 Å². The van der Waals surface area contributed by atoms with Gasteiger partial charge in [0.05, 0.1) is 29.4 Å². The van der Waals surface area contributed by atoms with Gasteiger partial charge in [-0.25, -0.2) is 9.97 Å². The van der Waals surface area contributed by atoms with Crippen LogP contribution in [0.2, 0.25) is 0 Å². The molecule has 0 bridgehead atoms. The molecule has 1 atom stereocenters. The van der Waals surface area contributed by atoms with Crippen LogP contribution in [0.15, 0.2) is 24.5 Å². The van der Waals surface area contributed by atoms with Crippen LogP contribution in [-0.4, -0.2) is 47.2 Å². The van der Waals surface area contributed by atoms with E-state index in [0.717, 1.165) is 52.1 Å². The Labute approximate surface area is 167 Å². The first-order valence-corrected chi connectivity index (χ1v) is 9.62. The van der Waals surface area contributed by atoms with Gasteiger partial charge in [-0.3, -0.25) is 4.79 Å². The smallest absolute Gasteiger partial charge is 0.316 e. The number of carbonyl (C=O) groups is 1. The van der Waals surface area contributed by atoms with E-state index in [0.29, 0.717) is 25.1 Å². The normalized spacial score (nSPS) is 16.4. The van der Waals surface area contributed by atoms with Crippen molar-refractivity contribution in [1.29, 1.82) is 0 Å². The first-order chi connectivity index (χ1) is 14.1. The van der Waals surface area contributed by atoms with E-state index in [1.807, 2.05) is 12.1 Å². The van der Waals surface area contributed by atoms with Crippen molar-refractivity contribution in [3.63, 3.8) is 0 Å². The zero-order valence-electron chi connectivity index (χ0n) is 16.0. The minimum absolute atomic E-state index is 0.302. The molecule has 2 aliphatic rings. The number of amides is 1. The second kappa shape index (κ2) is 6.84. The van der Waals surface area contributed by atoms with E-state index in [1.54, 1.807) is 12.4 Å². The largest absolute Gasteiger partial charge is 0.491 e. The lowest BCUT2D eigenvalue weighted by molar-refractivity contribution is -0.119. The van der Waals surface area contributed by atoms with Crippen LogP contribution in [0.3, 0.4) is 0 Å². The lowest BCUT2D eigenvalue weighted by atomic mass is 10.1. The Morgan fingerprint density at radius 1 is 1.34 bits per heavy atom. The van der Waals surface area contributed by atoms with Gasteiger partial charge in [-0.1, -0.05) is 0 Å². The van der Waals surface area contributed by atoms with Crippen molar-refractivity contribution in [2.45, 2.75) is 18.9 Å². The van der Waals surface area contributed by atoms with Crippen molar-refractivity contribution in [2.75, 3.05) is 30.9 Å².